The maximum Gasteiger partial charge on any atom is 0.334 e. The van der Waals surface area contributed by atoms with Gasteiger partial charge in [0.25, 0.3) is 0 Å². The molecule has 0 aromatic rings. The number of hydrogen-bond donors (Lipinski definition) is 1. The maximum absolute atomic E-state index is 12.7. The summed E-state index contributed by atoms with van der Waals surface area (Å²) in [5, 5.41) is 10.2. The summed E-state index contributed by atoms with van der Waals surface area (Å²) < 4.78 is 23.3. The Hall–Kier alpha value is -2.35. The third-order valence-electron chi connectivity index (χ3n) is 7.20. The summed E-state index contributed by atoms with van der Waals surface area (Å²) in [6.07, 6.45) is 0.800. The second-order valence-corrected chi connectivity index (χ2v) is 8.79. The first-order chi connectivity index (χ1) is 14.2. The average Bonchev–Trinajstić information content (AvgIpc) is 3.13. The van der Waals surface area contributed by atoms with Gasteiger partial charge in [-0.05, 0) is 25.2 Å². The van der Waals surface area contributed by atoms with E-state index in [0.29, 0.717) is 24.8 Å². The minimum atomic E-state index is -0.964. The maximum atomic E-state index is 12.7. The van der Waals surface area contributed by atoms with Crippen LogP contribution in [0.4, 0.5) is 0 Å². The highest BCUT2D eigenvalue weighted by Crippen LogP contribution is 2.59. The van der Waals surface area contributed by atoms with Gasteiger partial charge >= 0.3 is 17.9 Å². The molecule has 4 aliphatic rings. The lowest BCUT2D eigenvalue weighted by molar-refractivity contribution is -0.172. The molecule has 0 aromatic carbocycles. The van der Waals surface area contributed by atoms with Crippen LogP contribution in [-0.2, 0) is 33.3 Å². The fourth-order valence-corrected chi connectivity index (χ4v) is 5.46. The van der Waals surface area contributed by atoms with Crippen molar-refractivity contribution in [3.05, 3.63) is 24.0 Å². The van der Waals surface area contributed by atoms with Gasteiger partial charge in [0.2, 0.25) is 0 Å². The summed E-state index contributed by atoms with van der Waals surface area (Å²) in [4.78, 5) is 37.2. The molecule has 0 unspecified atom stereocenters. The van der Waals surface area contributed by atoms with E-state index in [9.17, 15) is 19.5 Å². The molecule has 8 atom stereocenters. The zero-order chi connectivity index (χ0) is 21.8. The van der Waals surface area contributed by atoms with Crippen LogP contribution >= 0.6 is 0 Å². The van der Waals surface area contributed by atoms with E-state index >= 15 is 0 Å². The van der Waals surface area contributed by atoms with Crippen molar-refractivity contribution in [3.8, 4) is 0 Å². The predicted octanol–water partition coefficient (Wildman–Crippen LogP) is 1.66. The topological polar surface area (TPSA) is 108 Å². The molecule has 2 aliphatic heterocycles. The van der Waals surface area contributed by atoms with Crippen LogP contribution in [0.15, 0.2) is 24.0 Å². The second-order valence-electron chi connectivity index (χ2n) is 8.79. The first-order valence-corrected chi connectivity index (χ1v) is 10.5. The van der Waals surface area contributed by atoms with E-state index in [1.54, 1.807) is 6.92 Å². The first-order valence-electron chi connectivity index (χ1n) is 10.5. The van der Waals surface area contributed by atoms with Crippen molar-refractivity contribution < 1.29 is 38.4 Å². The van der Waals surface area contributed by atoms with Gasteiger partial charge < -0.3 is 24.1 Å². The van der Waals surface area contributed by atoms with Crippen LogP contribution < -0.4 is 0 Å². The number of esters is 3. The molecule has 8 heteroatoms. The molecule has 0 amide bonds. The lowest BCUT2D eigenvalue weighted by Gasteiger charge is -2.41. The van der Waals surface area contributed by atoms with E-state index in [1.807, 2.05) is 6.92 Å². The number of fused-ring (bicyclic) bond motifs is 1. The third-order valence-corrected chi connectivity index (χ3v) is 7.20. The molecular formula is C22H28O8. The van der Waals surface area contributed by atoms with Crippen LogP contribution in [0.2, 0.25) is 0 Å². The van der Waals surface area contributed by atoms with Crippen LogP contribution in [0.25, 0.3) is 0 Å². The quantitative estimate of drug-likeness (QED) is 0.406. The van der Waals surface area contributed by atoms with Crippen LogP contribution in [0, 0.1) is 23.7 Å². The van der Waals surface area contributed by atoms with Crippen LogP contribution in [0.3, 0.4) is 0 Å². The number of carbonyl (C=O) groups is 3. The molecule has 2 aliphatic carbocycles. The molecule has 1 saturated heterocycles. The molecule has 164 valence electrons. The van der Waals surface area contributed by atoms with Gasteiger partial charge in [-0.15, -0.1) is 0 Å². The predicted molar refractivity (Wildman–Crippen MR) is 103 cm³/mol. The monoisotopic (exact) mass is 420 g/mol. The van der Waals surface area contributed by atoms with Crippen molar-refractivity contribution in [2.24, 2.45) is 23.7 Å². The number of rotatable bonds is 5. The number of aliphatic hydroxyl groups is 1. The molecule has 4 rings (SSSR count). The molecule has 3 fully saturated rings. The average molecular weight is 420 g/mol. The van der Waals surface area contributed by atoms with Gasteiger partial charge in [0.15, 0.2) is 12.2 Å². The minimum absolute atomic E-state index is 0.131. The fraction of sp³-hybridized carbons (Fsp3) is 0.682. The van der Waals surface area contributed by atoms with Crippen LogP contribution in [0.1, 0.15) is 40.0 Å². The summed E-state index contributed by atoms with van der Waals surface area (Å²) in [5.41, 5.74) is -0.0185. The molecular weight excluding hydrogens is 392 g/mol. The van der Waals surface area contributed by atoms with Gasteiger partial charge in [-0.25, -0.2) is 4.79 Å². The van der Waals surface area contributed by atoms with E-state index in [-0.39, 0.29) is 29.9 Å². The Balaban J connectivity index is 1.84. The molecule has 0 spiro atoms. The Morgan fingerprint density at radius 3 is 2.77 bits per heavy atom. The minimum Gasteiger partial charge on any atom is -0.492 e. The Kier molecular flexibility index (Phi) is 5.16. The van der Waals surface area contributed by atoms with Gasteiger partial charge in [0.1, 0.15) is 11.7 Å². The smallest absolute Gasteiger partial charge is 0.334 e. The standard InChI is InChI=1S/C22H28O8/c1-5-10(2)20(25)30-19-15-11(3)21(26)29-18(15)16-13-6-7-22(16,9-23)27-8-14(13)17(19)28-12(4)24/h8,10,13,15-19,23H,3,5-7,9H2,1-2,4H3/t10-,13+,15+,16+,17+,18+,19+,22-/m1/s1. The summed E-state index contributed by atoms with van der Waals surface area (Å²) in [7, 11) is 0. The van der Waals surface area contributed by atoms with Crippen LogP contribution in [-0.4, -0.2) is 53.5 Å². The lowest BCUT2D eigenvalue weighted by Crippen LogP contribution is -2.50. The molecule has 2 heterocycles. The molecule has 8 nitrogen and oxygen atoms in total. The van der Waals surface area contributed by atoms with Crippen molar-refractivity contribution in [2.45, 2.75) is 63.9 Å². The summed E-state index contributed by atoms with van der Waals surface area (Å²) in [6.45, 7) is 8.58. The zero-order valence-electron chi connectivity index (χ0n) is 17.5. The highest BCUT2D eigenvalue weighted by Gasteiger charge is 2.67. The van der Waals surface area contributed by atoms with E-state index in [4.69, 9.17) is 18.9 Å². The Bertz CT molecular complexity index is 816. The van der Waals surface area contributed by atoms with Crippen molar-refractivity contribution in [1.29, 1.82) is 0 Å². The van der Waals surface area contributed by atoms with E-state index in [1.165, 1.54) is 13.2 Å². The van der Waals surface area contributed by atoms with Crippen molar-refractivity contribution in [1.82, 2.24) is 0 Å². The normalized spacial score (nSPS) is 39.8. The lowest BCUT2D eigenvalue weighted by atomic mass is 9.75. The Morgan fingerprint density at radius 2 is 2.13 bits per heavy atom. The van der Waals surface area contributed by atoms with Gasteiger partial charge in [0.05, 0.1) is 24.7 Å². The summed E-state index contributed by atoms with van der Waals surface area (Å²) >= 11 is 0. The van der Waals surface area contributed by atoms with E-state index < -0.39 is 47.7 Å². The zero-order valence-corrected chi connectivity index (χ0v) is 17.5. The van der Waals surface area contributed by atoms with E-state index in [2.05, 4.69) is 6.58 Å². The molecule has 1 N–H and O–H groups in total. The Labute approximate surface area is 175 Å². The first kappa shape index (κ1) is 20.9. The molecule has 4 bridgehead atoms. The summed E-state index contributed by atoms with van der Waals surface area (Å²) in [5.74, 6) is -3.07. The SMILES string of the molecule is C=C1C(=O)O[C@H]2[C@H]1[C@H](OC(=O)[C@H](C)CC)[C@@H](OC(C)=O)C1=CO[C@@]3(CO)CC[C@@H]1[C@@H]23. The number of carbonyl (C=O) groups excluding carboxylic acids is 3. The highest BCUT2D eigenvalue weighted by molar-refractivity contribution is 5.91. The largest absolute Gasteiger partial charge is 0.492 e. The molecule has 2 saturated carbocycles. The van der Waals surface area contributed by atoms with Gasteiger partial charge in [0, 0.05) is 24.0 Å². The Morgan fingerprint density at radius 1 is 1.40 bits per heavy atom. The van der Waals surface area contributed by atoms with Crippen molar-refractivity contribution in [3.63, 3.8) is 0 Å². The molecule has 30 heavy (non-hydrogen) atoms. The molecule has 0 radical (unpaired) electrons. The van der Waals surface area contributed by atoms with E-state index in [0.717, 1.165) is 0 Å². The molecule has 0 aromatic heterocycles. The fourth-order valence-electron chi connectivity index (χ4n) is 5.46. The van der Waals surface area contributed by atoms with Gasteiger partial charge in [-0.3, -0.25) is 9.59 Å². The number of ether oxygens (including phenoxy) is 4. The van der Waals surface area contributed by atoms with Crippen molar-refractivity contribution in [2.75, 3.05) is 6.61 Å². The summed E-state index contributed by atoms with van der Waals surface area (Å²) in [6, 6.07) is 0. The van der Waals surface area contributed by atoms with Gasteiger partial charge in [-0.2, -0.15) is 0 Å². The number of aliphatic hydroxyl groups excluding tert-OH is 1. The third kappa shape index (κ3) is 2.95. The van der Waals surface area contributed by atoms with Crippen molar-refractivity contribution >= 4 is 17.9 Å². The van der Waals surface area contributed by atoms with Gasteiger partial charge in [-0.1, -0.05) is 20.4 Å². The van der Waals surface area contributed by atoms with Crippen LogP contribution in [0.5, 0.6) is 0 Å². The number of hydrogen-bond acceptors (Lipinski definition) is 8. The second kappa shape index (κ2) is 7.41. The highest BCUT2D eigenvalue weighted by atomic mass is 16.6.